The lowest BCUT2D eigenvalue weighted by molar-refractivity contribution is -0.121. The normalized spacial score (nSPS) is 16.7. The quantitative estimate of drug-likeness (QED) is 0.625. The molecule has 0 bridgehead atoms. The summed E-state index contributed by atoms with van der Waals surface area (Å²) in [7, 11) is 0. The molecule has 6 heteroatoms. The van der Waals surface area contributed by atoms with Crippen molar-refractivity contribution in [3.05, 3.63) is 46.0 Å². The molecule has 3 amide bonds. The SMILES string of the molecule is O=C(CCN1C(=O)c2cccc(Cl)c2C1=O)NCCC1=CCCCC1. The lowest BCUT2D eigenvalue weighted by Gasteiger charge is -2.15. The highest BCUT2D eigenvalue weighted by Crippen LogP contribution is 2.29. The molecule has 0 fully saturated rings. The predicted molar refractivity (Wildman–Crippen MR) is 95.6 cm³/mol. The molecule has 1 aromatic carbocycles. The van der Waals surface area contributed by atoms with Gasteiger partial charge in [-0.3, -0.25) is 19.3 Å². The lowest BCUT2D eigenvalue weighted by atomic mass is 9.97. The van der Waals surface area contributed by atoms with Crippen LogP contribution < -0.4 is 5.32 Å². The van der Waals surface area contributed by atoms with Crippen LogP contribution >= 0.6 is 11.6 Å². The highest BCUT2D eigenvalue weighted by Gasteiger charge is 2.36. The molecule has 0 saturated heterocycles. The first-order valence-corrected chi connectivity index (χ1v) is 9.05. The fraction of sp³-hybridized carbons (Fsp3) is 0.421. The van der Waals surface area contributed by atoms with Crippen LogP contribution in [0.2, 0.25) is 5.02 Å². The van der Waals surface area contributed by atoms with Crippen molar-refractivity contribution in [1.82, 2.24) is 10.2 Å². The van der Waals surface area contributed by atoms with E-state index in [1.807, 2.05) is 0 Å². The van der Waals surface area contributed by atoms with Gasteiger partial charge < -0.3 is 5.32 Å². The van der Waals surface area contributed by atoms with Gasteiger partial charge in [-0.05, 0) is 44.2 Å². The van der Waals surface area contributed by atoms with Crippen LogP contribution in [0.5, 0.6) is 0 Å². The summed E-state index contributed by atoms with van der Waals surface area (Å²) < 4.78 is 0. The third-order valence-electron chi connectivity index (χ3n) is 4.66. The third-order valence-corrected chi connectivity index (χ3v) is 4.98. The van der Waals surface area contributed by atoms with Crippen molar-refractivity contribution >= 4 is 29.3 Å². The summed E-state index contributed by atoms with van der Waals surface area (Å²) >= 11 is 6.02. The van der Waals surface area contributed by atoms with Crippen molar-refractivity contribution < 1.29 is 14.4 Å². The topological polar surface area (TPSA) is 66.5 Å². The molecule has 1 N–H and O–H groups in total. The second-order valence-corrected chi connectivity index (χ2v) is 6.79. The van der Waals surface area contributed by atoms with Crippen LogP contribution in [0.25, 0.3) is 0 Å². The first kappa shape index (κ1) is 17.7. The van der Waals surface area contributed by atoms with Crippen molar-refractivity contribution in [3.63, 3.8) is 0 Å². The molecule has 1 aromatic rings. The summed E-state index contributed by atoms with van der Waals surface area (Å²) in [6.45, 7) is 0.663. The second-order valence-electron chi connectivity index (χ2n) is 6.38. The number of benzene rings is 1. The highest BCUT2D eigenvalue weighted by molar-refractivity contribution is 6.37. The maximum absolute atomic E-state index is 12.3. The van der Waals surface area contributed by atoms with Crippen molar-refractivity contribution in [2.24, 2.45) is 0 Å². The fourth-order valence-corrected chi connectivity index (χ4v) is 3.55. The molecule has 1 aliphatic heterocycles. The van der Waals surface area contributed by atoms with E-state index in [0.29, 0.717) is 12.1 Å². The van der Waals surface area contributed by atoms with Crippen LogP contribution in [-0.4, -0.2) is 35.7 Å². The molecule has 1 aliphatic carbocycles. The summed E-state index contributed by atoms with van der Waals surface area (Å²) in [6.07, 6.45) is 7.95. The number of nitrogens with zero attached hydrogens (tertiary/aromatic N) is 1. The Balaban J connectivity index is 1.48. The van der Waals surface area contributed by atoms with Crippen molar-refractivity contribution in [2.75, 3.05) is 13.1 Å². The average Bonchev–Trinajstić information content (AvgIpc) is 2.86. The minimum atomic E-state index is -0.425. The van der Waals surface area contributed by atoms with E-state index < -0.39 is 5.91 Å². The van der Waals surface area contributed by atoms with Gasteiger partial charge in [0.2, 0.25) is 5.91 Å². The van der Waals surface area contributed by atoms with E-state index in [0.717, 1.165) is 24.2 Å². The van der Waals surface area contributed by atoms with Crippen molar-refractivity contribution in [3.8, 4) is 0 Å². The molecule has 0 aromatic heterocycles. The van der Waals surface area contributed by atoms with Gasteiger partial charge >= 0.3 is 0 Å². The molecular formula is C19H21ClN2O3. The van der Waals surface area contributed by atoms with E-state index >= 15 is 0 Å². The van der Waals surface area contributed by atoms with Gasteiger partial charge in [-0.1, -0.05) is 29.3 Å². The fourth-order valence-electron chi connectivity index (χ4n) is 3.29. The first-order chi connectivity index (χ1) is 12.1. The number of carbonyl (C=O) groups excluding carboxylic acids is 3. The predicted octanol–water partition coefficient (Wildman–Crippen LogP) is 3.33. The number of hydrogen-bond donors (Lipinski definition) is 1. The Labute approximate surface area is 152 Å². The zero-order chi connectivity index (χ0) is 17.8. The monoisotopic (exact) mass is 360 g/mol. The smallest absolute Gasteiger partial charge is 0.263 e. The number of imide groups is 1. The van der Waals surface area contributed by atoms with E-state index in [2.05, 4.69) is 11.4 Å². The summed E-state index contributed by atoms with van der Waals surface area (Å²) in [5.74, 6) is -0.965. The van der Waals surface area contributed by atoms with Crippen LogP contribution in [0.1, 0.15) is 59.2 Å². The van der Waals surface area contributed by atoms with E-state index in [-0.39, 0.29) is 35.4 Å². The summed E-state index contributed by atoms with van der Waals surface area (Å²) in [6, 6.07) is 4.81. The molecular weight excluding hydrogens is 340 g/mol. The molecule has 25 heavy (non-hydrogen) atoms. The molecule has 5 nitrogen and oxygen atoms in total. The number of carbonyl (C=O) groups is 3. The van der Waals surface area contributed by atoms with Gasteiger partial charge in [-0.25, -0.2) is 0 Å². The molecule has 0 atom stereocenters. The minimum absolute atomic E-state index is 0.0667. The molecule has 0 spiro atoms. The van der Waals surface area contributed by atoms with Crippen LogP contribution in [0.3, 0.4) is 0 Å². The van der Waals surface area contributed by atoms with Crippen molar-refractivity contribution in [1.29, 1.82) is 0 Å². The van der Waals surface area contributed by atoms with Gasteiger partial charge in [-0.15, -0.1) is 0 Å². The Morgan fingerprint density at radius 3 is 2.76 bits per heavy atom. The Morgan fingerprint density at radius 2 is 2.04 bits per heavy atom. The van der Waals surface area contributed by atoms with Gasteiger partial charge in [0.25, 0.3) is 11.8 Å². The third kappa shape index (κ3) is 3.93. The molecule has 3 rings (SSSR count). The average molecular weight is 361 g/mol. The number of fused-ring (bicyclic) bond motifs is 1. The Bertz CT molecular complexity index is 742. The lowest BCUT2D eigenvalue weighted by Crippen LogP contribution is -2.35. The van der Waals surface area contributed by atoms with Crippen LogP contribution in [0, 0.1) is 0 Å². The van der Waals surface area contributed by atoms with E-state index in [1.165, 1.54) is 18.4 Å². The Hall–Kier alpha value is -2.14. The molecule has 0 radical (unpaired) electrons. The molecule has 132 valence electrons. The summed E-state index contributed by atoms with van der Waals surface area (Å²) in [5.41, 5.74) is 1.95. The maximum Gasteiger partial charge on any atom is 0.263 e. The van der Waals surface area contributed by atoms with E-state index in [1.54, 1.807) is 18.2 Å². The number of allylic oxidation sites excluding steroid dienone is 1. The minimum Gasteiger partial charge on any atom is -0.356 e. The molecule has 2 aliphatic rings. The Morgan fingerprint density at radius 1 is 1.20 bits per heavy atom. The van der Waals surface area contributed by atoms with Gasteiger partial charge in [0.15, 0.2) is 0 Å². The van der Waals surface area contributed by atoms with Crippen LogP contribution in [0.15, 0.2) is 29.8 Å². The number of halogens is 1. The standard InChI is InChI=1S/C19H21ClN2O3/c20-15-8-4-7-14-17(15)19(25)22(18(14)24)12-10-16(23)21-11-9-13-5-2-1-3-6-13/h4-5,7-8H,1-3,6,9-12H2,(H,21,23). The van der Waals surface area contributed by atoms with E-state index in [9.17, 15) is 14.4 Å². The maximum atomic E-state index is 12.3. The number of nitrogens with one attached hydrogen (secondary N) is 1. The van der Waals surface area contributed by atoms with Gasteiger partial charge in [0.1, 0.15) is 0 Å². The zero-order valence-corrected chi connectivity index (χ0v) is 14.8. The molecule has 0 saturated carbocycles. The van der Waals surface area contributed by atoms with Gasteiger partial charge in [0.05, 0.1) is 16.1 Å². The largest absolute Gasteiger partial charge is 0.356 e. The first-order valence-electron chi connectivity index (χ1n) is 8.67. The number of hydrogen-bond acceptors (Lipinski definition) is 3. The zero-order valence-electron chi connectivity index (χ0n) is 14.0. The summed E-state index contributed by atoms with van der Waals surface area (Å²) in [4.78, 5) is 37.7. The Kier molecular flexibility index (Phi) is 5.53. The van der Waals surface area contributed by atoms with Crippen LogP contribution in [-0.2, 0) is 4.79 Å². The number of amides is 3. The molecule has 1 heterocycles. The molecule has 0 unspecified atom stereocenters. The van der Waals surface area contributed by atoms with Gasteiger partial charge in [0, 0.05) is 19.5 Å². The highest BCUT2D eigenvalue weighted by atomic mass is 35.5. The van der Waals surface area contributed by atoms with Crippen molar-refractivity contribution in [2.45, 2.75) is 38.5 Å². The summed E-state index contributed by atoms with van der Waals surface area (Å²) in [5, 5.41) is 3.13. The second kappa shape index (κ2) is 7.83. The van der Waals surface area contributed by atoms with E-state index in [4.69, 9.17) is 11.6 Å². The van der Waals surface area contributed by atoms with Gasteiger partial charge in [-0.2, -0.15) is 0 Å². The number of rotatable bonds is 6. The van der Waals surface area contributed by atoms with Crippen LogP contribution in [0.4, 0.5) is 0 Å².